The molecule has 1 rings (SSSR count). The van der Waals surface area contributed by atoms with Gasteiger partial charge in [-0.05, 0) is 12.1 Å². The van der Waals surface area contributed by atoms with Crippen molar-refractivity contribution in [3.8, 4) is 0 Å². The van der Waals surface area contributed by atoms with Crippen molar-refractivity contribution in [2.24, 2.45) is 5.73 Å². The van der Waals surface area contributed by atoms with E-state index in [2.05, 4.69) is 20.7 Å². The predicted molar refractivity (Wildman–Crippen MR) is 82.5 cm³/mol. The smallest absolute Gasteiger partial charge is 0.335 e. The Morgan fingerprint density at radius 3 is 1.61 bits per heavy atom. The summed E-state index contributed by atoms with van der Waals surface area (Å²) in [6.07, 6.45) is -4.53. The molecule has 130 valence electrons. The van der Waals surface area contributed by atoms with Gasteiger partial charge in [0.2, 0.25) is 0 Å². The lowest BCUT2D eigenvalue weighted by atomic mass is 10.2. The highest BCUT2D eigenvalue weighted by Gasteiger charge is 2.29. The Bertz CT molecular complexity index is 458. The molecule has 0 aromatic heterocycles. The molecule has 0 aliphatic rings. The summed E-state index contributed by atoms with van der Waals surface area (Å²) < 4.78 is 5.27. The molecule has 0 bridgehead atoms. The summed E-state index contributed by atoms with van der Waals surface area (Å²) in [6, 6.07) is 9.97. The lowest BCUT2D eigenvalue weighted by molar-refractivity contribution is -0.165. The van der Waals surface area contributed by atoms with E-state index in [1.807, 2.05) is 30.3 Å². The van der Waals surface area contributed by atoms with E-state index in [1.54, 1.807) is 0 Å². The zero-order valence-corrected chi connectivity index (χ0v) is 13.7. The van der Waals surface area contributed by atoms with Crippen molar-refractivity contribution in [2.75, 3.05) is 13.7 Å². The van der Waals surface area contributed by atoms with Gasteiger partial charge in [-0.15, -0.1) is 0 Å². The summed E-state index contributed by atoms with van der Waals surface area (Å²) in [4.78, 5) is 29.4. The molecule has 0 spiro atoms. The van der Waals surface area contributed by atoms with E-state index in [1.165, 1.54) is 7.11 Å². The van der Waals surface area contributed by atoms with Crippen LogP contribution in [0.4, 0.5) is 0 Å². The van der Waals surface area contributed by atoms with Crippen molar-refractivity contribution < 1.29 is 39.5 Å². The maximum atomic E-state index is 9.83. The van der Waals surface area contributed by atoms with Gasteiger partial charge in [0.05, 0.1) is 13.7 Å². The Kier molecular flexibility index (Phi) is 13.8. The third kappa shape index (κ3) is 13.4. The summed E-state index contributed by atoms with van der Waals surface area (Å²) in [7, 11) is 1.30. The molecular weight excluding hydrogens is 378 g/mol. The molecule has 0 heterocycles. The number of hydrogen-bond donors (Lipinski definition) is 5. The number of halogens is 1. The Hall–Kier alpha value is -2.01. The number of aliphatic hydroxyl groups is 2. The van der Waals surface area contributed by atoms with Gasteiger partial charge in [-0.3, -0.25) is 4.79 Å². The van der Waals surface area contributed by atoms with E-state index in [0.29, 0.717) is 0 Å². The van der Waals surface area contributed by atoms with Crippen LogP contribution in [0.1, 0.15) is 0 Å². The van der Waals surface area contributed by atoms with Crippen LogP contribution in [0.15, 0.2) is 34.8 Å². The topological polar surface area (TPSA) is 167 Å². The van der Waals surface area contributed by atoms with Crippen molar-refractivity contribution in [3.05, 3.63) is 34.8 Å². The number of hydrogen-bond acceptors (Lipinski definition) is 7. The van der Waals surface area contributed by atoms with Crippen molar-refractivity contribution in [2.45, 2.75) is 12.2 Å². The number of nitrogens with two attached hydrogens (primary N) is 1. The van der Waals surface area contributed by atoms with Gasteiger partial charge in [-0.2, -0.15) is 0 Å². The zero-order chi connectivity index (χ0) is 18.4. The quantitative estimate of drug-likeness (QED) is 0.419. The van der Waals surface area contributed by atoms with Crippen LogP contribution in [0.3, 0.4) is 0 Å². The van der Waals surface area contributed by atoms with Gasteiger partial charge in [-0.25, -0.2) is 9.59 Å². The molecule has 10 heteroatoms. The van der Waals surface area contributed by atoms with Gasteiger partial charge in [0.15, 0.2) is 12.2 Å². The maximum absolute atomic E-state index is 9.83. The largest absolute Gasteiger partial charge is 0.479 e. The number of carboxylic acids is 2. The average Bonchev–Trinajstić information content (AvgIpc) is 2.54. The third-order valence-corrected chi connectivity index (χ3v) is 2.46. The molecule has 2 unspecified atom stereocenters. The zero-order valence-electron chi connectivity index (χ0n) is 12.1. The van der Waals surface area contributed by atoms with Gasteiger partial charge in [0.25, 0.3) is 0 Å². The Balaban J connectivity index is 0. The fourth-order valence-corrected chi connectivity index (χ4v) is 1.07. The number of carbonyl (C=O) groups excluding carboxylic acids is 1. The second kappa shape index (κ2) is 13.6. The van der Waals surface area contributed by atoms with Crippen LogP contribution in [0.2, 0.25) is 0 Å². The predicted octanol–water partition coefficient (Wildman–Crippen LogP) is -0.555. The van der Waals surface area contributed by atoms with Crippen LogP contribution in [-0.2, 0) is 19.1 Å². The fraction of sp³-hybridized carbons (Fsp3) is 0.308. The molecule has 0 saturated carbocycles. The van der Waals surface area contributed by atoms with Crippen LogP contribution in [0.5, 0.6) is 0 Å². The molecule has 1 aromatic rings. The fourth-order valence-electron chi connectivity index (χ4n) is 0.768. The number of carboxylic acid groups (broad SMARTS) is 2. The van der Waals surface area contributed by atoms with Crippen molar-refractivity contribution in [1.29, 1.82) is 0 Å². The third-order valence-electron chi connectivity index (χ3n) is 1.93. The first kappa shape index (κ1) is 23.3. The van der Waals surface area contributed by atoms with Crippen LogP contribution in [0, 0.1) is 0 Å². The van der Waals surface area contributed by atoms with Crippen molar-refractivity contribution in [3.63, 3.8) is 0 Å². The number of aliphatic hydroxyl groups excluding tert-OH is 2. The first-order valence-electron chi connectivity index (χ1n) is 5.96. The molecule has 0 amide bonds. The van der Waals surface area contributed by atoms with E-state index >= 15 is 0 Å². The van der Waals surface area contributed by atoms with Crippen LogP contribution in [0.25, 0.3) is 0 Å². The Morgan fingerprint density at radius 1 is 1.09 bits per heavy atom. The van der Waals surface area contributed by atoms with Gasteiger partial charge >= 0.3 is 17.9 Å². The number of benzene rings is 1. The number of ether oxygens (including phenoxy) is 1. The number of rotatable bonds is 4. The van der Waals surface area contributed by atoms with Gasteiger partial charge in [-0.1, -0.05) is 34.1 Å². The average molecular weight is 396 g/mol. The van der Waals surface area contributed by atoms with Gasteiger partial charge in [0, 0.05) is 4.47 Å². The second-order valence-corrected chi connectivity index (χ2v) is 4.56. The lowest BCUT2D eigenvalue weighted by Crippen LogP contribution is -2.39. The molecule has 0 aliphatic carbocycles. The second-order valence-electron chi connectivity index (χ2n) is 3.64. The molecule has 6 N–H and O–H groups in total. The molecule has 0 radical (unpaired) electrons. The first-order valence-corrected chi connectivity index (χ1v) is 6.75. The molecular formula is C13H18BrNO8. The Labute approximate surface area is 140 Å². The van der Waals surface area contributed by atoms with Crippen LogP contribution in [-0.4, -0.2) is 64.2 Å². The minimum Gasteiger partial charge on any atom is -0.479 e. The molecule has 9 nitrogen and oxygen atoms in total. The van der Waals surface area contributed by atoms with Gasteiger partial charge < -0.3 is 30.9 Å². The summed E-state index contributed by atoms with van der Waals surface area (Å²) in [6.45, 7) is -0.0312. The van der Waals surface area contributed by atoms with E-state index in [0.717, 1.165) is 4.47 Å². The molecule has 2 atom stereocenters. The SMILES string of the molecule is Brc1ccccc1.COC(=O)CN.O=C(O)C(O)C(O)C(=O)O. The number of aliphatic carboxylic acids is 2. The Morgan fingerprint density at radius 2 is 1.48 bits per heavy atom. The lowest BCUT2D eigenvalue weighted by Gasteiger charge is -2.07. The standard InChI is InChI=1S/C6H5Br.C4H6O6.C3H7NO2/c7-6-4-2-1-3-5-6;5-1(3(7)8)2(6)4(9)10;1-6-3(5)2-4/h1-5H;1-2,5-6H,(H,7,8)(H,9,10);2,4H2,1H3. The number of carbonyl (C=O) groups is 3. The van der Waals surface area contributed by atoms with E-state index in [4.69, 9.17) is 26.2 Å². The molecule has 0 fully saturated rings. The van der Waals surface area contributed by atoms with Crippen LogP contribution >= 0.6 is 15.9 Å². The normalized spacial score (nSPS) is 11.5. The van der Waals surface area contributed by atoms with Crippen molar-refractivity contribution >= 4 is 33.8 Å². The van der Waals surface area contributed by atoms with E-state index in [-0.39, 0.29) is 12.5 Å². The van der Waals surface area contributed by atoms with Crippen molar-refractivity contribution in [1.82, 2.24) is 0 Å². The molecule has 23 heavy (non-hydrogen) atoms. The summed E-state index contributed by atoms with van der Waals surface area (Å²) in [5.74, 6) is -3.92. The number of methoxy groups -OCH3 is 1. The van der Waals surface area contributed by atoms with E-state index in [9.17, 15) is 14.4 Å². The minimum atomic E-state index is -2.27. The minimum absolute atomic E-state index is 0.0312. The monoisotopic (exact) mass is 395 g/mol. The maximum Gasteiger partial charge on any atom is 0.335 e. The summed E-state index contributed by atoms with van der Waals surface area (Å²) in [5.41, 5.74) is 4.81. The molecule has 0 saturated heterocycles. The first-order chi connectivity index (χ1) is 10.7. The summed E-state index contributed by atoms with van der Waals surface area (Å²) >= 11 is 3.31. The summed E-state index contributed by atoms with van der Waals surface area (Å²) in [5, 5.41) is 32.5. The highest BCUT2D eigenvalue weighted by Crippen LogP contribution is 2.05. The highest BCUT2D eigenvalue weighted by molar-refractivity contribution is 9.10. The van der Waals surface area contributed by atoms with E-state index < -0.39 is 24.1 Å². The molecule has 0 aliphatic heterocycles. The van der Waals surface area contributed by atoms with Gasteiger partial charge in [0.1, 0.15) is 0 Å². The van der Waals surface area contributed by atoms with Crippen LogP contribution < -0.4 is 5.73 Å². The molecule has 1 aromatic carbocycles. The number of esters is 1. The highest BCUT2D eigenvalue weighted by atomic mass is 79.9.